The number of amides is 2. The number of ether oxygens (including phenoxy) is 1. The Balaban J connectivity index is 1.03. The van der Waals surface area contributed by atoms with Gasteiger partial charge in [0.2, 0.25) is 11.8 Å². The third-order valence-electron chi connectivity index (χ3n) is 8.54. The fraction of sp³-hybridized carbons (Fsp3) is 0.158. The van der Waals surface area contributed by atoms with Crippen LogP contribution in [0.1, 0.15) is 34.3 Å². The van der Waals surface area contributed by atoms with Crippen LogP contribution in [0.5, 0.6) is 5.88 Å². The molecule has 0 atom stereocenters. The van der Waals surface area contributed by atoms with Gasteiger partial charge in [-0.1, -0.05) is 78.9 Å². The Kier molecular flexibility index (Phi) is 8.60. The number of fused-ring (bicyclic) bond motifs is 4. The number of carbonyl (C=O) groups excluding carboxylic acids is 2. The van der Waals surface area contributed by atoms with E-state index < -0.39 is 24.0 Å². The summed E-state index contributed by atoms with van der Waals surface area (Å²) in [6.07, 6.45) is -2.49. The van der Waals surface area contributed by atoms with E-state index in [-0.39, 0.29) is 18.9 Å². The Labute approximate surface area is 283 Å². The standard InChI is InChI=1S/C38H29F3N4O3S/c39-38(40,41)23-43-36(47)37(29-14-5-3-10-25(29)26-11-4-6-15-30(26)37)20-9-21-48-33-19-18-24(22-42-33)44-34(46)27-12-1-2-13-28(27)35-45-31-16-7-8-17-32(31)49-35/h1-8,10-19,22H,9,20-21,23H2,(H,43,47)(H,44,46). The molecule has 11 heteroatoms. The molecule has 246 valence electrons. The molecule has 1 aliphatic carbocycles. The quantitative estimate of drug-likeness (QED) is 0.142. The Bertz CT molecular complexity index is 2090. The summed E-state index contributed by atoms with van der Waals surface area (Å²) in [5.74, 6) is -0.711. The predicted molar refractivity (Wildman–Crippen MR) is 184 cm³/mol. The van der Waals surface area contributed by atoms with Gasteiger partial charge < -0.3 is 15.4 Å². The van der Waals surface area contributed by atoms with E-state index in [1.807, 2.05) is 60.7 Å². The van der Waals surface area contributed by atoms with E-state index in [1.165, 1.54) is 17.5 Å². The number of nitrogens with one attached hydrogen (secondary N) is 2. The molecule has 7 nitrogen and oxygen atoms in total. The van der Waals surface area contributed by atoms with Crippen molar-refractivity contribution in [2.75, 3.05) is 18.5 Å². The SMILES string of the molecule is O=C(Nc1ccc(OCCCC2(C(=O)NCC(F)(F)F)c3ccccc3-c3ccccc32)nc1)c1ccccc1-c1nc2ccccc2s1. The first-order valence-corrected chi connectivity index (χ1v) is 16.4. The van der Waals surface area contributed by atoms with Crippen molar-refractivity contribution in [1.29, 1.82) is 0 Å². The van der Waals surface area contributed by atoms with Gasteiger partial charge in [-0.15, -0.1) is 11.3 Å². The molecule has 1 aliphatic rings. The number of halogens is 3. The van der Waals surface area contributed by atoms with Crippen LogP contribution in [0.3, 0.4) is 0 Å². The number of pyridine rings is 1. The first-order chi connectivity index (χ1) is 23.7. The topological polar surface area (TPSA) is 93.2 Å². The maximum absolute atomic E-state index is 13.7. The molecule has 49 heavy (non-hydrogen) atoms. The number of hydrogen-bond acceptors (Lipinski definition) is 6. The molecule has 0 saturated heterocycles. The lowest BCUT2D eigenvalue weighted by Crippen LogP contribution is -2.47. The van der Waals surface area contributed by atoms with Gasteiger partial charge in [-0.3, -0.25) is 9.59 Å². The Morgan fingerprint density at radius 3 is 2.12 bits per heavy atom. The second kappa shape index (κ2) is 13.2. The van der Waals surface area contributed by atoms with E-state index in [0.29, 0.717) is 34.7 Å². The van der Waals surface area contributed by atoms with Crippen LogP contribution >= 0.6 is 11.3 Å². The minimum absolute atomic E-state index is 0.160. The van der Waals surface area contributed by atoms with Gasteiger partial charge in [-0.2, -0.15) is 13.2 Å². The van der Waals surface area contributed by atoms with Crippen LogP contribution in [-0.4, -0.2) is 41.1 Å². The average molecular weight is 679 g/mol. The second-order valence-electron chi connectivity index (χ2n) is 11.6. The summed E-state index contributed by atoms with van der Waals surface area (Å²) in [6.45, 7) is -1.26. The maximum Gasteiger partial charge on any atom is 0.405 e. The molecular weight excluding hydrogens is 650 g/mol. The van der Waals surface area contributed by atoms with Gasteiger partial charge >= 0.3 is 6.18 Å². The molecule has 2 heterocycles. The number of hydrogen-bond donors (Lipinski definition) is 2. The minimum atomic E-state index is -4.55. The van der Waals surface area contributed by atoms with Crippen molar-refractivity contribution < 1.29 is 27.5 Å². The fourth-order valence-electron chi connectivity index (χ4n) is 6.39. The summed E-state index contributed by atoms with van der Waals surface area (Å²) in [5, 5.41) is 5.78. The summed E-state index contributed by atoms with van der Waals surface area (Å²) in [6, 6.07) is 33.0. The molecule has 6 aromatic rings. The molecule has 0 saturated carbocycles. The number of alkyl halides is 3. The monoisotopic (exact) mass is 678 g/mol. The number of aromatic nitrogens is 2. The van der Waals surface area contributed by atoms with Crippen molar-refractivity contribution in [3.05, 3.63) is 132 Å². The maximum atomic E-state index is 13.7. The highest BCUT2D eigenvalue weighted by Gasteiger charge is 2.49. The zero-order valence-corrected chi connectivity index (χ0v) is 26.8. The molecule has 7 rings (SSSR count). The lowest BCUT2D eigenvalue weighted by Gasteiger charge is -2.31. The van der Waals surface area contributed by atoms with Crippen LogP contribution in [-0.2, 0) is 10.2 Å². The summed E-state index contributed by atoms with van der Waals surface area (Å²) in [7, 11) is 0. The van der Waals surface area contributed by atoms with Gasteiger partial charge in [0.1, 0.15) is 17.0 Å². The first-order valence-electron chi connectivity index (χ1n) is 15.6. The number of nitrogens with zero attached hydrogens (tertiary/aromatic N) is 2. The van der Waals surface area contributed by atoms with Crippen LogP contribution in [0.4, 0.5) is 18.9 Å². The van der Waals surface area contributed by atoms with E-state index in [9.17, 15) is 22.8 Å². The summed E-state index contributed by atoms with van der Waals surface area (Å²) in [4.78, 5) is 36.0. The van der Waals surface area contributed by atoms with Crippen LogP contribution < -0.4 is 15.4 Å². The average Bonchev–Trinajstić information content (AvgIpc) is 3.68. The predicted octanol–water partition coefficient (Wildman–Crippen LogP) is 8.41. The number of anilines is 1. The second-order valence-corrected chi connectivity index (χ2v) is 12.6. The number of para-hydroxylation sites is 1. The molecule has 2 aromatic heterocycles. The highest BCUT2D eigenvalue weighted by Crippen LogP contribution is 2.51. The van der Waals surface area contributed by atoms with Gasteiger partial charge in [0.15, 0.2) is 0 Å². The Hall–Kier alpha value is -5.55. The lowest BCUT2D eigenvalue weighted by atomic mass is 9.73. The fourth-order valence-corrected chi connectivity index (χ4v) is 7.40. The van der Waals surface area contributed by atoms with Gasteiger partial charge in [0.25, 0.3) is 5.91 Å². The van der Waals surface area contributed by atoms with Crippen molar-refractivity contribution >= 4 is 39.1 Å². The van der Waals surface area contributed by atoms with Crippen molar-refractivity contribution in [3.8, 4) is 27.6 Å². The molecule has 0 bridgehead atoms. The highest BCUT2D eigenvalue weighted by atomic mass is 32.1. The third kappa shape index (κ3) is 6.37. The molecule has 0 radical (unpaired) electrons. The zero-order chi connectivity index (χ0) is 34.0. The van der Waals surface area contributed by atoms with E-state index in [0.717, 1.165) is 31.9 Å². The van der Waals surface area contributed by atoms with Crippen molar-refractivity contribution in [1.82, 2.24) is 15.3 Å². The van der Waals surface area contributed by atoms with Crippen molar-refractivity contribution in [3.63, 3.8) is 0 Å². The third-order valence-corrected chi connectivity index (χ3v) is 9.61. The zero-order valence-electron chi connectivity index (χ0n) is 26.0. The minimum Gasteiger partial charge on any atom is -0.478 e. The Morgan fingerprint density at radius 2 is 1.45 bits per heavy atom. The normalized spacial score (nSPS) is 13.0. The van der Waals surface area contributed by atoms with Crippen molar-refractivity contribution in [2.45, 2.75) is 24.4 Å². The van der Waals surface area contributed by atoms with E-state index in [2.05, 4.69) is 15.6 Å². The van der Waals surface area contributed by atoms with Gasteiger partial charge in [0.05, 0.1) is 28.7 Å². The first kappa shape index (κ1) is 32.0. The number of carbonyl (C=O) groups is 2. The van der Waals surface area contributed by atoms with Crippen LogP contribution in [0.15, 0.2) is 115 Å². The number of rotatable bonds is 10. The molecule has 0 fully saturated rings. The molecule has 0 unspecified atom stereocenters. The molecule has 4 aromatic carbocycles. The van der Waals surface area contributed by atoms with Crippen LogP contribution in [0.2, 0.25) is 0 Å². The summed E-state index contributed by atoms with van der Waals surface area (Å²) in [5.41, 5.74) is 4.21. The van der Waals surface area contributed by atoms with Crippen LogP contribution in [0.25, 0.3) is 31.9 Å². The largest absolute Gasteiger partial charge is 0.478 e. The van der Waals surface area contributed by atoms with Crippen LogP contribution in [0, 0.1) is 0 Å². The van der Waals surface area contributed by atoms with E-state index in [1.54, 1.807) is 48.5 Å². The lowest BCUT2D eigenvalue weighted by molar-refractivity contribution is -0.141. The number of thiazole rings is 1. The Morgan fingerprint density at radius 1 is 0.796 bits per heavy atom. The molecule has 2 amide bonds. The highest BCUT2D eigenvalue weighted by molar-refractivity contribution is 7.21. The molecular formula is C38H29F3N4O3S. The number of benzene rings is 4. The summed E-state index contributed by atoms with van der Waals surface area (Å²) >= 11 is 1.52. The van der Waals surface area contributed by atoms with E-state index >= 15 is 0 Å². The van der Waals surface area contributed by atoms with Crippen molar-refractivity contribution in [2.24, 2.45) is 0 Å². The molecule has 2 N–H and O–H groups in total. The summed E-state index contributed by atoms with van der Waals surface area (Å²) < 4.78 is 46.4. The van der Waals surface area contributed by atoms with Gasteiger partial charge in [0, 0.05) is 17.2 Å². The molecule has 0 aliphatic heterocycles. The van der Waals surface area contributed by atoms with Gasteiger partial charge in [-0.05, 0) is 59.4 Å². The van der Waals surface area contributed by atoms with Gasteiger partial charge in [-0.25, -0.2) is 9.97 Å². The van der Waals surface area contributed by atoms with E-state index in [4.69, 9.17) is 9.72 Å². The smallest absolute Gasteiger partial charge is 0.405 e. The molecule has 0 spiro atoms.